The largest absolute Gasteiger partial charge is 0.394 e. The molecule has 0 unspecified atom stereocenters. The van der Waals surface area contributed by atoms with E-state index in [1.54, 1.807) is 6.20 Å². The van der Waals surface area contributed by atoms with Gasteiger partial charge in [0.15, 0.2) is 6.23 Å². The molecule has 1 saturated heterocycles. The molecule has 3 heterocycles. The van der Waals surface area contributed by atoms with E-state index in [9.17, 15) is 24.9 Å². The van der Waals surface area contributed by atoms with Crippen LogP contribution in [0.1, 0.15) is 11.8 Å². The molecule has 152 valence electrons. The smallest absolute Gasteiger partial charge is 0.330 e. The zero-order valence-electron chi connectivity index (χ0n) is 15.1. The summed E-state index contributed by atoms with van der Waals surface area (Å²) in [6.07, 6.45) is -2.19. The summed E-state index contributed by atoms with van der Waals surface area (Å²) in [5.41, 5.74) is 0.238. The van der Waals surface area contributed by atoms with E-state index in [0.29, 0.717) is 5.69 Å². The molecule has 4 atom stereocenters. The van der Waals surface area contributed by atoms with Crippen LogP contribution in [-0.2, 0) is 11.3 Å². The van der Waals surface area contributed by atoms with Gasteiger partial charge in [0, 0.05) is 11.8 Å². The summed E-state index contributed by atoms with van der Waals surface area (Å²) >= 11 is 0. The van der Waals surface area contributed by atoms with Crippen molar-refractivity contribution in [2.45, 2.75) is 31.1 Å². The van der Waals surface area contributed by atoms with E-state index in [4.69, 9.17) is 4.74 Å². The maximum Gasteiger partial charge on any atom is 0.330 e. The molecule has 0 amide bonds. The Kier molecular flexibility index (Phi) is 5.11. The molecule has 0 aliphatic carbocycles. The Balaban J connectivity index is 1.63. The first kappa shape index (κ1) is 19.2. The molecular formula is C18H19N5O6. The molecule has 3 aromatic rings. The third kappa shape index (κ3) is 3.63. The fourth-order valence-electron chi connectivity index (χ4n) is 3.23. The number of hydrogen-bond acceptors (Lipinski definition) is 8. The SMILES string of the molecule is O=c1[nH]c(=O)n([C@@H]2O[C@H](CO)[C@@H](O)[C@H]2O)cc1Cn1cc(-c2ccccc2)nn1. The second-order valence-electron chi connectivity index (χ2n) is 6.72. The van der Waals surface area contributed by atoms with Crippen molar-refractivity contribution in [3.63, 3.8) is 0 Å². The number of aromatic nitrogens is 5. The molecule has 0 spiro atoms. The molecule has 1 aliphatic heterocycles. The molecule has 2 aromatic heterocycles. The van der Waals surface area contributed by atoms with Crippen molar-refractivity contribution in [3.8, 4) is 11.3 Å². The summed E-state index contributed by atoms with van der Waals surface area (Å²) in [6.45, 7) is -0.509. The van der Waals surface area contributed by atoms with Crippen molar-refractivity contribution >= 4 is 0 Å². The van der Waals surface area contributed by atoms with Gasteiger partial charge >= 0.3 is 5.69 Å². The van der Waals surface area contributed by atoms with Crippen LogP contribution in [0, 0.1) is 0 Å². The lowest BCUT2D eigenvalue weighted by molar-refractivity contribution is -0.0551. The Morgan fingerprint density at radius 1 is 1.10 bits per heavy atom. The van der Waals surface area contributed by atoms with Gasteiger partial charge in [-0.15, -0.1) is 5.10 Å². The monoisotopic (exact) mass is 401 g/mol. The number of H-pyrrole nitrogens is 1. The van der Waals surface area contributed by atoms with Gasteiger partial charge in [-0.1, -0.05) is 35.5 Å². The molecule has 1 aliphatic rings. The predicted octanol–water partition coefficient (Wildman–Crippen LogP) is -1.55. The second kappa shape index (κ2) is 7.72. The van der Waals surface area contributed by atoms with Gasteiger partial charge in [0.05, 0.1) is 24.9 Å². The van der Waals surface area contributed by atoms with Crippen molar-refractivity contribution in [1.82, 2.24) is 24.5 Å². The van der Waals surface area contributed by atoms with Crippen LogP contribution in [0.4, 0.5) is 0 Å². The van der Waals surface area contributed by atoms with Gasteiger partial charge < -0.3 is 20.1 Å². The Bertz CT molecular complexity index is 1110. The lowest BCUT2D eigenvalue weighted by atomic mass is 10.1. The van der Waals surface area contributed by atoms with Crippen LogP contribution in [0.25, 0.3) is 11.3 Å². The van der Waals surface area contributed by atoms with Crippen LogP contribution in [0.15, 0.2) is 52.3 Å². The highest BCUT2D eigenvalue weighted by molar-refractivity contribution is 5.57. The third-order valence-corrected chi connectivity index (χ3v) is 4.77. The number of nitrogens with zero attached hydrogens (tertiary/aromatic N) is 4. The minimum atomic E-state index is -1.44. The van der Waals surface area contributed by atoms with Crippen molar-refractivity contribution in [1.29, 1.82) is 0 Å². The van der Waals surface area contributed by atoms with E-state index in [2.05, 4.69) is 15.3 Å². The molecule has 4 rings (SSSR count). The Hall–Kier alpha value is -3.12. The lowest BCUT2D eigenvalue weighted by Gasteiger charge is -2.17. The highest BCUT2D eigenvalue weighted by atomic mass is 16.6. The van der Waals surface area contributed by atoms with Crippen LogP contribution in [-0.4, -0.2) is 64.8 Å². The molecular weight excluding hydrogens is 382 g/mol. The molecule has 11 nitrogen and oxygen atoms in total. The fraction of sp³-hybridized carbons (Fsp3) is 0.333. The number of benzene rings is 1. The number of aromatic amines is 1. The highest BCUT2D eigenvalue weighted by Crippen LogP contribution is 2.28. The van der Waals surface area contributed by atoms with Crippen LogP contribution >= 0.6 is 0 Å². The summed E-state index contributed by atoms with van der Waals surface area (Å²) < 4.78 is 7.79. The Labute approximate surface area is 163 Å². The summed E-state index contributed by atoms with van der Waals surface area (Å²) in [5, 5.41) is 37.4. The standard InChI is InChI=1S/C18H19N5O6/c24-9-13-14(25)15(26)17(29-13)23-7-11(16(27)19-18(23)28)6-22-8-12(20-21-22)10-4-2-1-3-5-10/h1-5,7-8,13-15,17,24-26H,6,9H2,(H,19,27,28)/t13-,14-,15-,17-/m1/s1. The number of aliphatic hydroxyl groups is 3. The molecule has 1 fully saturated rings. The maximum atomic E-state index is 12.2. The number of ether oxygens (including phenoxy) is 1. The summed E-state index contributed by atoms with van der Waals surface area (Å²) in [6, 6.07) is 9.38. The van der Waals surface area contributed by atoms with Gasteiger partial charge in [-0.25, -0.2) is 9.48 Å². The number of aliphatic hydroxyl groups excluding tert-OH is 3. The normalized spacial score (nSPS) is 24.1. The summed E-state index contributed by atoms with van der Waals surface area (Å²) in [4.78, 5) is 26.6. The van der Waals surface area contributed by atoms with Crippen LogP contribution in [0.5, 0.6) is 0 Å². The van der Waals surface area contributed by atoms with Gasteiger partial charge in [0.1, 0.15) is 24.0 Å². The van der Waals surface area contributed by atoms with Crippen LogP contribution < -0.4 is 11.2 Å². The molecule has 0 radical (unpaired) electrons. The first-order chi connectivity index (χ1) is 14.0. The van der Waals surface area contributed by atoms with Gasteiger partial charge in [-0.05, 0) is 0 Å². The van der Waals surface area contributed by atoms with Gasteiger partial charge in [0.25, 0.3) is 5.56 Å². The molecule has 4 N–H and O–H groups in total. The van der Waals surface area contributed by atoms with Gasteiger partial charge in [0.2, 0.25) is 0 Å². The Morgan fingerprint density at radius 2 is 1.86 bits per heavy atom. The van der Waals surface area contributed by atoms with E-state index < -0.39 is 42.4 Å². The van der Waals surface area contributed by atoms with Crippen LogP contribution in [0.2, 0.25) is 0 Å². The molecule has 11 heteroatoms. The van der Waals surface area contributed by atoms with E-state index in [1.165, 1.54) is 10.9 Å². The lowest BCUT2D eigenvalue weighted by Crippen LogP contribution is -2.39. The molecule has 0 bridgehead atoms. The van der Waals surface area contributed by atoms with Crippen LogP contribution in [0.3, 0.4) is 0 Å². The quantitative estimate of drug-likeness (QED) is 0.401. The number of hydrogen-bond donors (Lipinski definition) is 4. The Morgan fingerprint density at radius 3 is 2.55 bits per heavy atom. The summed E-state index contributed by atoms with van der Waals surface area (Å²) in [7, 11) is 0. The summed E-state index contributed by atoms with van der Waals surface area (Å²) in [5.74, 6) is 0. The fourth-order valence-corrected chi connectivity index (χ4v) is 3.23. The van der Waals surface area contributed by atoms with Crippen molar-refractivity contribution in [2.75, 3.05) is 6.61 Å². The van der Waals surface area contributed by atoms with Gasteiger partial charge in [-0.2, -0.15) is 0 Å². The first-order valence-corrected chi connectivity index (χ1v) is 8.90. The average Bonchev–Trinajstić information content (AvgIpc) is 3.30. The average molecular weight is 401 g/mol. The third-order valence-electron chi connectivity index (χ3n) is 4.77. The predicted molar refractivity (Wildman–Crippen MR) is 98.9 cm³/mol. The number of nitrogens with one attached hydrogen (secondary N) is 1. The molecule has 29 heavy (non-hydrogen) atoms. The van der Waals surface area contributed by atoms with E-state index in [1.807, 2.05) is 30.3 Å². The minimum Gasteiger partial charge on any atom is -0.394 e. The molecule has 0 saturated carbocycles. The van der Waals surface area contributed by atoms with Crippen molar-refractivity contribution in [3.05, 3.63) is 69.1 Å². The molecule has 1 aromatic carbocycles. The van der Waals surface area contributed by atoms with E-state index in [-0.39, 0.29) is 12.1 Å². The number of rotatable bonds is 5. The second-order valence-corrected chi connectivity index (χ2v) is 6.72. The zero-order valence-corrected chi connectivity index (χ0v) is 15.1. The maximum absolute atomic E-state index is 12.2. The van der Waals surface area contributed by atoms with E-state index >= 15 is 0 Å². The van der Waals surface area contributed by atoms with Gasteiger partial charge in [-0.3, -0.25) is 14.3 Å². The first-order valence-electron chi connectivity index (χ1n) is 8.90. The van der Waals surface area contributed by atoms with E-state index in [0.717, 1.165) is 10.1 Å². The highest BCUT2D eigenvalue weighted by Gasteiger charge is 2.43. The minimum absolute atomic E-state index is 0.0181. The van der Waals surface area contributed by atoms with Crippen molar-refractivity contribution < 1.29 is 20.1 Å². The topological polar surface area (TPSA) is 155 Å². The van der Waals surface area contributed by atoms with Crippen molar-refractivity contribution in [2.24, 2.45) is 0 Å². The zero-order chi connectivity index (χ0) is 20.5.